The summed E-state index contributed by atoms with van der Waals surface area (Å²) in [5, 5.41) is 44.2. The van der Waals surface area contributed by atoms with Crippen molar-refractivity contribution in [3.05, 3.63) is 46.0 Å². The van der Waals surface area contributed by atoms with Gasteiger partial charge in [-0.15, -0.1) is 0 Å². The van der Waals surface area contributed by atoms with Crippen molar-refractivity contribution in [3.8, 4) is 0 Å². The third-order valence-electron chi connectivity index (χ3n) is 0. The van der Waals surface area contributed by atoms with E-state index in [0.29, 0.717) is 0 Å². The second-order valence-corrected chi connectivity index (χ2v) is 0.671. The van der Waals surface area contributed by atoms with Gasteiger partial charge in [0.15, 0.2) is 0 Å². The summed E-state index contributed by atoms with van der Waals surface area (Å²) >= 11 is 0. The summed E-state index contributed by atoms with van der Waals surface area (Å²) in [5.74, 6) is 0. The average molecular weight is 417 g/mol. The van der Waals surface area contributed by atoms with Gasteiger partial charge in [0.05, 0.1) is 15.3 Å². The van der Waals surface area contributed by atoms with E-state index < -0.39 is 15.3 Å². The molecule has 0 rings (SSSR count). The summed E-state index contributed by atoms with van der Waals surface area (Å²) in [6.45, 7) is 0. The Hall–Kier alpha value is -1.24. The average Bonchev–Trinajstić information content (AvgIpc) is 1.54. The van der Waals surface area contributed by atoms with Crippen LogP contribution in [0.25, 0.3) is 0 Å². The van der Waals surface area contributed by atoms with E-state index in [1.54, 1.807) is 0 Å². The molecular formula is H10N3O14Pr-3. The van der Waals surface area contributed by atoms with Gasteiger partial charge in [0, 0.05) is 41.3 Å². The fourth-order valence-corrected chi connectivity index (χ4v) is 0. The van der Waals surface area contributed by atoms with Crippen LogP contribution in [0.5, 0.6) is 0 Å². The summed E-state index contributed by atoms with van der Waals surface area (Å²) < 4.78 is 0. The first-order valence-corrected chi connectivity index (χ1v) is 1.64. The van der Waals surface area contributed by atoms with Crippen LogP contribution in [-0.2, 0) is 0 Å². The monoisotopic (exact) mass is 417 g/mol. The molecule has 0 aliphatic heterocycles. The molecule has 115 valence electrons. The Morgan fingerprint density at radius 3 is 0.444 bits per heavy atom. The fourth-order valence-electron chi connectivity index (χ4n) is 0. The first-order chi connectivity index (χ1) is 5.20. The zero-order valence-electron chi connectivity index (χ0n) is 8.09. The molecule has 10 N–H and O–H groups in total. The number of rotatable bonds is 0. The van der Waals surface area contributed by atoms with Crippen molar-refractivity contribution in [2.75, 3.05) is 0 Å². The first-order valence-electron chi connectivity index (χ1n) is 1.64. The smallest absolute Gasteiger partial charge is 0.0689 e. The molecule has 0 unspecified atom stereocenters. The van der Waals surface area contributed by atoms with Gasteiger partial charge in [0.25, 0.3) is 0 Å². The van der Waals surface area contributed by atoms with Crippen LogP contribution in [0.15, 0.2) is 0 Å². The van der Waals surface area contributed by atoms with Gasteiger partial charge < -0.3 is 73.3 Å². The molecule has 0 atom stereocenters. The molecule has 17 nitrogen and oxygen atoms in total. The van der Waals surface area contributed by atoms with E-state index in [1.165, 1.54) is 0 Å². The molecule has 0 saturated carbocycles. The van der Waals surface area contributed by atoms with Gasteiger partial charge in [0.1, 0.15) is 0 Å². The zero-order chi connectivity index (χ0) is 10.7. The van der Waals surface area contributed by atoms with Crippen LogP contribution in [0, 0.1) is 87.3 Å². The largest absolute Gasteiger partial charge is 0.412 e. The normalized spacial score (nSPS) is 4.00. The SMILES string of the molecule is O.O.O.O.O.O=[N+]([O-])[O-].O=[N+]([O-])[O-].O=[N+]([O-])[O-].[Pr]. The van der Waals surface area contributed by atoms with E-state index in [4.69, 9.17) is 46.0 Å². The molecule has 0 heterocycles. The molecule has 0 aromatic heterocycles. The summed E-state index contributed by atoms with van der Waals surface area (Å²) in [6.07, 6.45) is 0. The van der Waals surface area contributed by atoms with Gasteiger partial charge in [-0.05, 0) is 0 Å². The molecule has 0 aliphatic rings. The third kappa shape index (κ3) is 1830. The molecule has 18 heavy (non-hydrogen) atoms. The van der Waals surface area contributed by atoms with Crippen molar-refractivity contribution in [1.29, 1.82) is 0 Å². The topological polar surface area (TPSA) is 356 Å². The quantitative estimate of drug-likeness (QED) is 0.269. The molecule has 0 aromatic rings. The molecule has 0 fully saturated rings. The maximum Gasteiger partial charge on any atom is 0.0689 e. The van der Waals surface area contributed by atoms with E-state index >= 15 is 0 Å². The van der Waals surface area contributed by atoms with Crippen LogP contribution >= 0.6 is 0 Å². The minimum Gasteiger partial charge on any atom is -0.412 e. The van der Waals surface area contributed by atoms with Crippen LogP contribution in [0.4, 0.5) is 0 Å². The Bertz CT molecular complexity index is 115. The fraction of sp³-hybridized carbons (Fsp3) is 0. The van der Waals surface area contributed by atoms with Gasteiger partial charge in [-0.25, -0.2) is 0 Å². The molecule has 0 aliphatic carbocycles. The van der Waals surface area contributed by atoms with E-state index in [0.717, 1.165) is 0 Å². The number of nitrogens with zero attached hydrogens (tertiary/aromatic N) is 3. The minimum atomic E-state index is -1.75. The van der Waals surface area contributed by atoms with Crippen LogP contribution in [-0.4, -0.2) is 42.6 Å². The van der Waals surface area contributed by atoms with Crippen LogP contribution in [0.2, 0.25) is 0 Å². The van der Waals surface area contributed by atoms with Crippen LogP contribution in [0.1, 0.15) is 0 Å². The maximum absolute atomic E-state index is 8.25. The van der Waals surface area contributed by atoms with E-state index in [-0.39, 0.29) is 68.7 Å². The molecule has 18 heteroatoms. The van der Waals surface area contributed by atoms with Crippen molar-refractivity contribution in [1.82, 2.24) is 0 Å². The first kappa shape index (κ1) is 69.1. The maximum atomic E-state index is 8.25. The second kappa shape index (κ2) is 57.0. The molecule has 1 radical (unpaired) electrons. The minimum absolute atomic E-state index is 0. The summed E-state index contributed by atoms with van der Waals surface area (Å²) in [6, 6.07) is 0. The van der Waals surface area contributed by atoms with E-state index in [9.17, 15) is 0 Å². The molecule has 0 saturated heterocycles. The van der Waals surface area contributed by atoms with Gasteiger partial charge in [-0.1, -0.05) is 0 Å². The predicted octanol–water partition coefficient (Wildman–Crippen LogP) is -4.84. The Morgan fingerprint density at radius 1 is 0.444 bits per heavy atom. The third-order valence-corrected chi connectivity index (χ3v) is 0. The van der Waals surface area contributed by atoms with Crippen LogP contribution < -0.4 is 0 Å². The van der Waals surface area contributed by atoms with Crippen molar-refractivity contribution < 1.29 is 83.9 Å². The molecule has 0 aromatic carbocycles. The number of hydrogen-bond donors (Lipinski definition) is 0. The molecular weight excluding hydrogens is 407 g/mol. The molecule has 0 bridgehead atoms. The van der Waals surface area contributed by atoms with Crippen molar-refractivity contribution >= 4 is 0 Å². The Balaban J connectivity index is -0.00000000827. The van der Waals surface area contributed by atoms with Gasteiger partial charge in [0.2, 0.25) is 0 Å². The van der Waals surface area contributed by atoms with Gasteiger partial charge in [-0.3, -0.25) is 0 Å². The second-order valence-electron chi connectivity index (χ2n) is 0.671. The molecule has 0 amide bonds. The predicted molar refractivity (Wildman–Crippen MR) is 49.2 cm³/mol. The summed E-state index contributed by atoms with van der Waals surface area (Å²) in [7, 11) is 0. The van der Waals surface area contributed by atoms with E-state index in [1.807, 2.05) is 0 Å². The standard InChI is InChI=1S/3NO3.5H2O.Pr/c3*2-1(3)4;;;;;;/h;;;5*1H2;/q3*-1;;;;;;. The van der Waals surface area contributed by atoms with Crippen molar-refractivity contribution in [2.45, 2.75) is 0 Å². The Kier molecular flexibility index (Phi) is 219. The Labute approximate surface area is 129 Å². The van der Waals surface area contributed by atoms with Crippen molar-refractivity contribution in [2.24, 2.45) is 0 Å². The zero-order valence-corrected chi connectivity index (χ0v) is 11.8. The van der Waals surface area contributed by atoms with Crippen LogP contribution in [0.3, 0.4) is 0 Å². The van der Waals surface area contributed by atoms with Crippen molar-refractivity contribution in [3.63, 3.8) is 0 Å². The van der Waals surface area contributed by atoms with E-state index in [2.05, 4.69) is 0 Å². The Morgan fingerprint density at radius 2 is 0.444 bits per heavy atom. The van der Waals surface area contributed by atoms with Gasteiger partial charge >= 0.3 is 0 Å². The molecule has 0 spiro atoms. The number of hydrogen-bond acceptors (Lipinski definition) is 9. The van der Waals surface area contributed by atoms with Gasteiger partial charge in [-0.2, -0.15) is 0 Å². The summed E-state index contributed by atoms with van der Waals surface area (Å²) in [5.41, 5.74) is 0. The summed E-state index contributed by atoms with van der Waals surface area (Å²) in [4.78, 5) is 24.8.